The second kappa shape index (κ2) is 41.9. The molecule has 0 aliphatic heterocycles. The summed E-state index contributed by atoms with van der Waals surface area (Å²) in [6, 6.07) is 0. The summed E-state index contributed by atoms with van der Waals surface area (Å²) in [5.74, 6) is -1.16. The zero-order valence-electron chi connectivity index (χ0n) is 36.9. The summed E-state index contributed by atoms with van der Waals surface area (Å²) < 4.78 is 26.3. The molecule has 340 valence electrons. The SMILES string of the molecule is CCCCC/C=C\C/C=C\C/C=C\CC(O)C(O)CCCC(=O)OC[C@H](COP(=O)(O)O)OC(=O)CCCCCCCCCCCCCCCCCCCCCCC. The van der Waals surface area contributed by atoms with Crippen molar-refractivity contribution in [2.45, 2.75) is 238 Å². The molecule has 0 aliphatic carbocycles. The molecule has 0 saturated heterocycles. The fourth-order valence-electron chi connectivity index (χ4n) is 6.71. The van der Waals surface area contributed by atoms with E-state index in [2.05, 4.69) is 42.7 Å². The van der Waals surface area contributed by atoms with Crippen LogP contribution in [-0.4, -0.2) is 63.5 Å². The maximum atomic E-state index is 12.5. The van der Waals surface area contributed by atoms with Crippen LogP contribution in [0.15, 0.2) is 36.5 Å². The summed E-state index contributed by atoms with van der Waals surface area (Å²) in [4.78, 5) is 43.0. The van der Waals surface area contributed by atoms with Gasteiger partial charge in [-0.2, -0.15) is 0 Å². The van der Waals surface area contributed by atoms with E-state index in [0.717, 1.165) is 38.5 Å². The van der Waals surface area contributed by atoms with E-state index in [1.165, 1.54) is 128 Å². The van der Waals surface area contributed by atoms with Crippen LogP contribution < -0.4 is 0 Å². The van der Waals surface area contributed by atoms with Crippen molar-refractivity contribution < 1.29 is 48.2 Å². The highest BCUT2D eigenvalue weighted by Gasteiger charge is 2.23. The fourth-order valence-corrected chi connectivity index (χ4v) is 7.07. The number of carbonyl (C=O) groups excluding carboxylic acids is 2. The Morgan fingerprint density at radius 2 is 0.948 bits per heavy atom. The van der Waals surface area contributed by atoms with E-state index in [4.69, 9.17) is 19.3 Å². The lowest BCUT2D eigenvalue weighted by molar-refractivity contribution is -0.161. The van der Waals surface area contributed by atoms with E-state index in [-0.39, 0.29) is 25.7 Å². The van der Waals surface area contributed by atoms with Crippen LogP contribution in [-0.2, 0) is 28.2 Å². The van der Waals surface area contributed by atoms with Crippen molar-refractivity contribution in [2.24, 2.45) is 0 Å². The van der Waals surface area contributed by atoms with Crippen LogP contribution in [0, 0.1) is 0 Å². The van der Waals surface area contributed by atoms with E-state index in [9.17, 15) is 24.4 Å². The lowest BCUT2D eigenvalue weighted by Gasteiger charge is -2.19. The summed E-state index contributed by atoms with van der Waals surface area (Å²) in [7, 11) is -4.82. The number of esters is 2. The first-order chi connectivity index (χ1) is 28.1. The number of aliphatic hydroxyl groups is 2. The van der Waals surface area contributed by atoms with Crippen molar-refractivity contribution in [1.82, 2.24) is 0 Å². The van der Waals surface area contributed by atoms with Crippen LogP contribution in [0.5, 0.6) is 0 Å². The third-order valence-electron chi connectivity index (χ3n) is 10.4. The third kappa shape index (κ3) is 42.3. The molecule has 0 amide bonds. The Morgan fingerprint density at radius 3 is 1.45 bits per heavy atom. The predicted molar refractivity (Wildman–Crippen MR) is 237 cm³/mol. The van der Waals surface area contributed by atoms with Crippen molar-refractivity contribution in [2.75, 3.05) is 13.2 Å². The molecule has 0 rings (SSSR count). The monoisotopic (exact) mass is 843 g/mol. The lowest BCUT2D eigenvalue weighted by Crippen LogP contribution is -2.29. The van der Waals surface area contributed by atoms with Crippen molar-refractivity contribution in [3.8, 4) is 0 Å². The molecule has 0 spiro atoms. The van der Waals surface area contributed by atoms with Gasteiger partial charge in [-0.15, -0.1) is 0 Å². The second-order valence-electron chi connectivity index (χ2n) is 16.0. The summed E-state index contributed by atoms with van der Waals surface area (Å²) in [6.07, 6.45) is 43.3. The average Bonchev–Trinajstić information content (AvgIpc) is 3.19. The molecule has 0 bridgehead atoms. The molecular weight excluding hydrogens is 755 g/mol. The maximum absolute atomic E-state index is 12.5. The summed E-state index contributed by atoms with van der Waals surface area (Å²) in [5, 5.41) is 20.6. The van der Waals surface area contributed by atoms with Gasteiger partial charge in [0.15, 0.2) is 6.10 Å². The molecule has 58 heavy (non-hydrogen) atoms. The summed E-state index contributed by atoms with van der Waals surface area (Å²) in [6.45, 7) is 3.44. The zero-order chi connectivity index (χ0) is 42.8. The molecule has 10 nitrogen and oxygen atoms in total. The molecular formula is C47H87O10P. The van der Waals surface area contributed by atoms with Gasteiger partial charge in [-0.1, -0.05) is 192 Å². The molecule has 0 aliphatic rings. The fraction of sp³-hybridized carbons (Fsp3) is 0.830. The molecule has 11 heteroatoms. The quantitative estimate of drug-likeness (QED) is 0.0201. The maximum Gasteiger partial charge on any atom is 0.469 e. The van der Waals surface area contributed by atoms with Crippen LogP contribution in [0.25, 0.3) is 0 Å². The average molecular weight is 843 g/mol. The molecule has 0 radical (unpaired) electrons. The Hall–Kier alpha value is -1.81. The number of rotatable bonds is 43. The minimum Gasteiger partial charge on any atom is -0.462 e. The number of carbonyl (C=O) groups is 2. The first kappa shape index (κ1) is 56.2. The second-order valence-corrected chi connectivity index (χ2v) is 17.3. The summed E-state index contributed by atoms with van der Waals surface area (Å²) in [5.41, 5.74) is 0. The first-order valence-electron chi connectivity index (χ1n) is 23.4. The highest BCUT2D eigenvalue weighted by Crippen LogP contribution is 2.36. The Morgan fingerprint density at radius 1 is 0.517 bits per heavy atom. The Labute approximate surface area is 354 Å². The molecule has 0 heterocycles. The molecule has 0 aromatic heterocycles. The minimum absolute atomic E-state index is 0.0447. The number of phosphoric ester groups is 1. The number of hydrogen-bond acceptors (Lipinski definition) is 8. The van der Waals surface area contributed by atoms with Gasteiger partial charge in [-0.25, -0.2) is 4.57 Å². The molecule has 0 saturated carbocycles. The van der Waals surface area contributed by atoms with E-state index < -0.39 is 51.3 Å². The number of ether oxygens (including phenoxy) is 2. The molecule has 0 aromatic carbocycles. The smallest absolute Gasteiger partial charge is 0.462 e. The third-order valence-corrected chi connectivity index (χ3v) is 10.8. The Bertz CT molecular complexity index is 1070. The summed E-state index contributed by atoms with van der Waals surface area (Å²) >= 11 is 0. The van der Waals surface area contributed by atoms with Crippen LogP contribution in [0.2, 0.25) is 0 Å². The normalized spacial score (nSPS) is 13.8. The number of aliphatic hydroxyl groups excluding tert-OH is 2. The lowest BCUT2D eigenvalue weighted by atomic mass is 10.0. The highest BCUT2D eigenvalue weighted by molar-refractivity contribution is 7.46. The van der Waals surface area contributed by atoms with Gasteiger partial charge in [0.2, 0.25) is 0 Å². The Kier molecular flexibility index (Phi) is 40.6. The van der Waals surface area contributed by atoms with Gasteiger partial charge in [0.25, 0.3) is 0 Å². The van der Waals surface area contributed by atoms with Gasteiger partial charge in [0.1, 0.15) is 6.61 Å². The van der Waals surface area contributed by atoms with E-state index >= 15 is 0 Å². The minimum atomic E-state index is -4.82. The number of phosphoric acid groups is 1. The number of hydrogen-bond donors (Lipinski definition) is 4. The van der Waals surface area contributed by atoms with Gasteiger partial charge < -0.3 is 29.5 Å². The van der Waals surface area contributed by atoms with Gasteiger partial charge >= 0.3 is 19.8 Å². The number of allylic oxidation sites excluding steroid dienone is 5. The van der Waals surface area contributed by atoms with Gasteiger partial charge in [0.05, 0.1) is 18.8 Å². The predicted octanol–water partition coefficient (Wildman–Crippen LogP) is 12.5. The Balaban J connectivity index is 4.04. The topological polar surface area (TPSA) is 160 Å². The molecule has 4 N–H and O–H groups in total. The van der Waals surface area contributed by atoms with Crippen LogP contribution in [0.4, 0.5) is 0 Å². The largest absolute Gasteiger partial charge is 0.469 e. The molecule has 3 atom stereocenters. The van der Waals surface area contributed by atoms with E-state index in [1.807, 2.05) is 12.2 Å². The molecule has 0 fully saturated rings. The van der Waals surface area contributed by atoms with Gasteiger partial charge in [-0.3, -0.25) is 14.1 Å². The van der Waals surface area contributed by atoms with Gasteiger partial charge in [0, 0.05) is 12.8 Å². The van der Waals surface area contributed by atoms with E-state index in [1.54, 1.807) is 0 Å². The van der Waals surface area contributed by atoms with Crippen molar-refractivity contribution in [3.05, 3.63) is 36.5 Å². The molecule has 0 aromatic rings. The highest BCUT2D eigenvalue weighted by atomic mass is 31.2. The van der Waals surface area contributed by atoms with Gasteiger partial charge in [-0.05, 0) is 51.4 Å². The van der Waals surface area contributed by atoms with Crippen LogP contribution in [0.1, 0.15) is 219 Å². The first-order valence-corrected chi connectivity index (χ1v) is 25.0. The van der Waals surface area contributed by atoms with Crippen molar-refractivity contribution in [3.63, 3.8) is 0 Å². The standard InChI is InChI=1S/C47H87O10P/c1-3-5-7-9-11-13-15-17-18-19-20-21-22-23-24-25-27-29-31-33-35-39-47(51)57-43(42-56-58(52,53)54)41-55-46(50)40-36-38-45(49)44(48)37-34-32-30-28-26-16-14-12-10-8-6-4-2/h12,14,26,28,32,34,43-45,48-49H,3-11,13,15-25,27,29-31,33,35-42H2,1-2H3,(H2,52,53,54)/b14-12-,28-26-,34-32-/t43-,44?,45?/m1/s1. The molecule has 2 unspecified atom stereocenters. The van der Waals surface area contributed by atoms with Crippen LogP contribution >= 0.6 is 7.82 Å². The van der Waals surface area contributed by atoms with Crippen molar-refractivity contribution >= 4 is 19.8 Å². The van der Waals surface area contributed by atoms with Crippen molar-refractivity contribution in [1.29, 1.82) is 0 Å². The van der Waals surface area contributed by atoms with Crippen LogP contribution in [0.3, 0.4) is 0 Å². The zero-order valence-corrected chi connectivity index (χ0v) is 37.8. The number of unbranched alkanes of at least 4 members (excludes halogenated alkanes) is 23. The van der Waals surface area contributed by atoms with E-state index in [0.29, 0.717) is 12.8 Å².